The molecule has 0 N–H and O–H groups in total. The van der Waals surface area contributed by atoms with Crippen LogP contribution >= 0.6 is 0 Å². The molecule has 2 aromatic heterocycles. The van der Waals surface area contributed by atoms with Gasteiger partial charge in [-0.3, -0.25) is 0 Å². The van der Waals surface area contributed by atoms with Gasteiger partial charge in [0.2, 0.25) is 0 Å². The zero-order valence-corrected chi connectivity index (χ0v) is 31.1. The van der Waals surface area contributed by atoms with Crippen LogP contribution in [-0.2, 0) is 7.05 Å². The molecule has 1 fully saturated rings. The second-order valence-electron chi connectivity index (χ2n) is 16.3. The SMILES string of the molecule is Cc1ccc2c(oc3c(-c4cccc(C5CCC(C)(C)CC5)c4)cccc32)c1-c1n(-c2c(C(C)C)cccc2C(C)C)c2ccccc2[n+]1C. The molecule has 7 aromatic rings. The normalized spacial score (nSPS) is 15.3. The smallest absolute Gasteiger partial charge is 0.299 e. The highest BCUT2D eigenvalue weighted by molar-refractivity contribution is 6.13. The number of hydrogen-bond acceptors (Lipinski definition) is 1. The molecule has 0 bridgehead atoms. The van der Waals surface area contributed by atoms with Gasteiger partial charge in [0.15, 0.2) is 16.6 Å². The maximum Gasteiger partial charge on any atom is 0.299 e. The molecule has 8 rings (SSSR count). The molecule has 0 saturated heterocycles. The van der Waals surface area contributed by atoms with Crippen LogP contribution in [0.1, 0.15) is 107 Å². The summed E-state index contributed by atoms with van der Waals surface area (Å²) >= 11 is 0. The molecule has 1 aliphatic rings. The first-order valence-electron chi connectivity index (χ1n) is 18.7. The maximum atomic E-state index is 7.19. The van der Waals surface area contributed by atoms with Crippen LogP contribution in [-0.4, -0.2) is 4.57 Å². The van der Waals surface area contributed by atoms with Gasteiger partial charge in [-0.1, -0.05) is 126 Å². The van der Waals surface area contributed by atoms with Crippen molar-refractivity contribution in [1.29, 1.82) is 0 Å². The van der Waals surface area contributed by atoms with E-state index in [1.165, 1.54) is 75.6 Å². The number of rotatable bonds is 6. The number of aryl methyl sites for hydroxylation is 2. The van der Waals surface area contributed by atoms with Crippen LogP contribution in [0.2, 0.25) is 0 Å². The van der Waals surface area contributed by atoms with Crippen LogP contribution in [0.4, 0.5) is 0 Å². The van der Waals surface area contributed by atoms with E-state index in [4.69, 9.17) is 4.42 Å². The standard InChI is InChI=1S/C47H51N2O/c1-29(2)35-16-12-17-36(30(3)4)43(35)49-41-21-10-9-20-40(41)48(8)46(49)42-31(5)22-23-39-38-19-13-18-37(44(38)50-45(39)42)34-15-11-14-33(28-34)32-24-26-47(6,7)27-25-32/h9-23,28-30,32H,24-27H2,1-8H3/q+1. The number of nitrogens with zero attached hydrogens (tertiary/aromatic N) is 2. The number of benzene rings is 5. The highest BCUT2D eigenvalue weighted by Gasteiger charge is 2.34. The molecular formula is C47H51N2O+. The second-order valence-corrected chi connectivity index (χ2v) is 16.3. The number of imidazole rings is 1. The molecule has 3 nitrogen and oxygen atoms in total. The first-order valence-corrected chi connectivity index (χ1v) is 18.7. The fourth-order valence-corrected chi connectivity index (χ4v) is 8.75. The van der Waals surface area contributed by atoms with Crippen molar-refractivity contribution in [3.63, 3.8) is 0 Å². The van der Waals surface area contributed by atoms with Crippen molar-refractivity contribution < 1.29 is 8.98 Å². The molecule has 50 heavy (non-hydrogen) atoms. The van der Waals surface area contributed by atoms with Gasteiger partial charge in [-0.2, -0.15) is 4.57 Å². The molecule has 0 aliphatic heterocycles. The Morgan fingerprint density at radius 2 is 1.40 bits per heavy atom. The van der Waals surface area contributed by atoms with E-state index >= 15 is 0 Å². The van der Waals surface area contributed by atoms with E-state index in [-0.39, 0.29) is 0 Å². The fraction of sp³-hybridized carbons (Fsp3) is 0.340. The zero-order valence-electron chi connectivity index (χ0n) is 31.1. The second kappa shape index (κ2) is 12.3. The van der Waals surface area contributed by atoms with Gasteiger partial charge in [-0.25, -0.2) is 4.57 Å². The van der Waals surface area contributed by atoms with Crippen LogP contribution in [0.25, 0.3) is 61.2 Å². The predicted molar refractivity (Wildman–Crippen MR) is 211 cm³/mol. The molecular weight excluding hydrogens is 609 g/mol. The van der Waals surface area contributed by atoms with Gasteiger partial charge in [0, 0.05) is 27.5 Å². The Labute approximate surface area is 297 Å². The number of hydrogen-bond donors (Lipinski definition) is 0. The molecule has 5 aromatic carbocycles. The van der Waals surface area contributed by atoms with Crippen LogP contribution in [0, 0.1) is 12.3 Å². The van der Waals surface area contributed by atoms with Gasteiger partial charge in [0.25, 0.3) is 5.82 Å². The molecule has 0 amide bonds. The van der Waals surface area contributed by atoms with Crippen molar-refractivity contribution in [2.75, 3.05) is 0 Å². The van der Waals surface area contributed by atoms with Gasteiger partial charge >= 0.3 is 0 Å². The lowest BCUT2D eigenvalue weighted by Gasteiger charge is -2.34. The quantitative estimate of drug-likeness (QED) is 0.163. The minimum Gasteiger partial charge on any atom is -0.454 e. The van der Waals surface area contributed by atoms with Crippen LogP contribution in [0.5, 0.6) is 0 Å². The Kier molecular flexibility index (Phi) is 8.01. The van der Waals surface area contributed by atoms with E-state index in [9.17, 15) is 0 Å². The monoisotopic (exact) mass is 659 g/mol. The average molecular weight is 660 g/mol. The lowest BCUT2D eigenvalue weighted by molar-refractivity contribution is -0.633. The summed E-state index contributed by atoms with van der Waals surface area (Å²) in [5.74, 6) is 2.50. The first kappa shape index (κ1) is 32.6. The minimum atomic E-state index is 0.365. The Balaban J connectivity index is 1.38. The number of fused-ring (bicyclic) bond motifs is 4. The van der Waals surface area contributed by atoms with Gasteiger partial charge in [0.05, 0.1) is 7.05 Å². The fourth-order valence-electron chi connectivity index (χ4n) is 8.75. The largest absolute Gasteiger partial charge is 0.454 e. The molecule has 0 spiro atoms. The van der Waals surface area contributed by atoms with E-state index in [0.717, 1.165) is 33.5 Å². The molecule has 0 radical (unpaired) electrons. The Bertz CT molecular complexity index is 2360. The number of furan rings is 1. The molecule has 254 valence electrons. The third-order valence-corrected chi connectivity index (χ3v) is 11.7. The molecule has 2 heterocycles. The molecule has 0 unspecified atom stereocenters. The molecule has 1 aliphatic carbocycles. The minimum absolute atomic E-state index is 0.365. The molecule has 1 saturated carbocycles. The van der Waals surface area contributed by atoms with Gasteiger partial charge in [-0.05, 0) is 84.6 Å². The van der Waals surface area contributed by atoms with E-state index in [2.05, 4.69) is 162 Å². The Morgan fingerprint density at radius 1 is 0.740 bits per heavy atom. The van der Waals surface area contributed by atoms with Crippen LogP contribution in [0.15, 0.2) is 101 Å². The predicted octanol–water partition coefficient (Wildman–Crippen LogP) is 12.9. The van der Waals surface area contributed by atoms with Gasteiger partial charge in [0.1, 0.15) is 16.8 Å². The summed E-state index contributed by atoms with van der Waals surface area (Å²) in [6.07, 6.45) is 5.10. The summed E-state index contributed by atoms with van der Waals surface area (Å²) in [5, 5.41) is 2.32. The summed E-state index contributed by atoms with van der Waals surface area (Å²) in [6.45, 7) is 16.3. The van der Waals surface area contributed by atoms with Gasteiger partial charge < -0.3 is 4.42 Å². The molecule has 3 heteroatoms. The van der Waals surface area contributed by atoms with Crippen molar-refractivity contribution in [3.05, 3.63) is 119 Å². The average Bonchev–Trinajstić information content (AvgIpc) is 3.62. The Morgan fingerprint density at radius 3 is 2.12 bits per heavy atom. The van der Waals surface area contributed by atoms with Crippen molar-refractivity contribution >= 4 is 33.0 Å². The summed E-state index contributed by atoms with van der Waals surface area (Å²) < 4.78 is 12.1. The highest BCUT2D eigenvalue weighted by atomic mass is 16.3. The third-order valence-electron chi connectivity index (χ3n) is 11.7. The zero-order chi connectivity index (χ0) is 34.9. The van der Waals surface area contributed by atoms with Crippen LogP contribution < -0.4 is 4.57 Å². The van der Waals surface area contributed by atoms with E-state index in [1.54, 1.807) is 0 Å². The summed E-state index contributed by atoms with van der Waals surface area (Å²) in [4.78, 5) is 0. The summed E-state index contributed by atoms with van der Waals surface area (Å²) in [6, 6.07) is 36.2. The highest BCUT2D eigenvalue weighted by Crippen LogP contribution is 2.45. The first-order chi connectivity index (χ1) is 24.0. The topological polar surface area (TPSA) is 21.9 Å². The van der Waals surface area contributed by atoms with Crippen molar-refractivity contribution in [2.24, 2.45) is 12.5 Å². The Hall–Kier alpha value is -4.63. The third kappa shape index (κ3) is 5.29. The number of para-hydroxylation sites is 4. The van der Waals surface area contributed by atoms with E-state index < -0.39 is 0 Å². The van der Waals surface area contributed by atoms with Crippen molar-refractivity contribution in [1.82, 2.24) is 4.57 Å². The lowest BCUT2D eigenvalue weighted by Crippen LogP contribution is -2.30. The van der Waals surface area contributed by atoms with Crippen LogP contribution in [0.3, 0.4) is 0 Å². The maximum absolute atomic E-state index is 7.19. The van der Waals surface area contributed by atoms with E-state index in [1.807, 2.05) is 0 Å². The van der Waals surface area contributed by atoms with E-state index in [0.29, 0.717) is 23.2 Å². The van der Waals surface area contributed by atoms with Crippen molar-refractivity contribution in [2.45, 2.75) is 91.9 Å². The molecule has 0 atom stereocenters. The van der Waals surface area contributed by atoms with Crippen molar-refractivity contribution in [3.8, 4) is 28.2 Å². The summed E-state index contributed by atoms with van der Waals surface area (Å²) in [7, 11) is 2.21. The lowest BCUT2D eigenvalue weighted by atomic mass is 9.71. The summed E-state index contributed by atoms with van der Waals surface area (Å²) in [5.41, 5.74) is 15.0. The van der Waals surface area contributed by atoms with Gasteiger partial charge in [-0.15, -0.1) is 0 Å². The number of aromatic nitrogens is 2.